The molecule has 8 heteroatoms. The largest absolute Gasteiger partial charge is 0.343 e. The molecule has 20 heavy (non-hydrogen) atoms. The van der Waals surface area contributed by atoms with E-state index in [4.69, 9.17) is 16.1 Å². The molecule has 0 aliphatic carbocycles. The Morgan fingerprint density at radius 3 is 2.90 bits per heavy atom. The Bertz CT molecular complexity index is 714. The van der Waals surface area contributed by atoms with Crippen LogP contribution in [0.15, 0.2) is 10.9 Å². The van der Waals surface area contributed by atoms with Crippen LogP contribution in [0, 0.1) is 6.92 Å². The molecule has 0 aliphatic heterocycles. The van der Waals surface area contributed by atoms with Gasteiger partial charge in [0, 0.05) is 18.8 Å². The first-order valence-corrected chi connectivity index (χ1v) is 7.01. The van der Waals surface area contributed by atoms with E-state index in [1.54, 1.807) is 0 Å². The Morgan fingerprint density at radius 2 is 2.25 bits per heavy atom. The topological polar surface area (TPSA) is 74.6 Å². The third-order valence-electron chi connectivity index (χ3n) is 3.20. The minimum atomic E-state index is 0.504. The molecule has 7 nitrogen and oxygen atoms in total. The molecule has 3 heterocycles. The van der Waals surface area contributed by atoms with Gasteiger partial charge in [-0.1, -0.05) is 5.16 Å². The monoisotopic (exact) mass is 294 g/mol. The van der Waals surface area contributed by atoms with Gasteiger partial charge in [0.1, 0.15) is 11.3 Å². The molecular weight excluding hydrogens is 280 g/mol. The zero-order valence-corrected chi connectivity index (χ0v) is 12.1. The summed E-state index contributed by atoms with van der Waals surface area (Å²) >= 11 is 5.87. The Hall–Kier alpha value is -1.89. The number of imidazole rings is 1. The van der Waals surface area contributed by atoms with Gasteiger partial charge in [-0.2, -0.15) is 10.1 Å². The van der Waals surface area contributed by atoms with Crippen molar-refractivity contribution >= 4 is 22.8 Å². The summed E-state index contributed by atoms with van der Waals surface area (Å²) in [6.45, 7) is 5.30. The van der Waals surface area contributed by atoms with Crippen LogP contribution in [-0.2, 0) is 19.5 Å². The summed E-state index contributed by atoms with van der Waals surface area (Å²) in [7, 11) is 0. The third-order valence-corrected chi connectivity index (χ3v) is 3.39. The summed E-state index contributed by atoms with van der Waals surface area (Å²) in [5, 5.41) is 8.36. The van der Waals surface area contributed by atoms with Gasteiger partial charge in [0.25, 0.3) is 0 Å². The van der Waals surface area contributed by atoms with E-state index < -0.39 is 0 Å². The lowest BCUT2D eigenvalue weighted by molar-refractivity contribution is 0.408. The maximum Gasteiger partial charge on any atom is 0.213 e. The van der Waals surface area contributed by atoms with Crippen LogP contribution in [0.5, 0.6) is 0 Å². The molecule has 106 valence electrons. The maximum atomic E-state index is 5.87. The molecule has 0 spiro atoms. The van der Waals surface area contributed by atoms with E-state index in [9.17, 15) is 0 Å². The van der Waals surface area contributed by atoms with Gasteiger partial charge >= 0.3 is 0 Å². The van der Waals surface area contributed by atoms with Gasteiger partial charge in [-0.15, -0.1) is 11.6 Å². The molecule has 0 bridgehead atoms. The first-order valence-electron chi connectivity index (χ1n) is 6.48. The van der Waals surface area contributed by atoms with E-state index >= 15 is 0 Å². The molecule has 0 fully saturated rings. The Kier molecular flexibility index (Phi) is 3.43. The molecule has 0 atom stereocenters. The number of alkyl halides is 1. The van der Waals surface area contributed by atoms with Gasteiger partial charge in [-0.25, -0.2) is 9.67 Å². The van der Waals surface area contributed by atoms with Crippen LogP contribution in [0.25, 0.3) is 11.2 Å². The number of hydrogen-bond donors (Lipinski definition) is 0. The van der Waals surface area contributed by atoms with Gasteiger partial charge in [-0.3, -0.25) is 0 Å². The van der Waals surface area contributed by atoms with Crippen molar-refractivity contribution in [3.8, 4) is 0 Å². The number of fused-ring (bicyclic) bond motifs is 1. The van der Waals surface area contributed by atoms with Gasteiger partial charge in [-0.05, 0) is 13.8 Å². The maximum absolute atomic E-state index is 5.87. The lowest BCUT2D eigenvalue weighted by Gasteiger charge is -2.07. The number of halogens is 1. The van der Waals surface area contributed by atoms with Gasteiger partial charge in [0.2, 0.25) is 6.39 Å². The molecule has 3 aromatic heterocycles. The van der Waals surface area contributed by atoms with Crippen molar-refractivity contribution in [3.63, 3.8) is 0 Å². The molecule has 3 aromatic rings. The molecule has 0 amide bonds. The number of aryl methyl sites for hydroxylation is 3. The van der Waals surface area contributed by atoms with E-state index in [0.29, 0.717) is 24.7 Å². The second kappa shape index (κ2) is 5.24. The fraction of sp³-hybridized carbons (Fsp3) is 0.500. The quantitative estimate of drug-likeness (QED) is 0.671. The molecule has 3 rings (SSSR count). The van der Waals surface area contributed by atoms with E-state index in [0.717, 1.165) is 29.2 Å². The van der Waals surface area contributed by atoms with Crippen LogP contribution in [0.3, 0.4) is 0 Å². The summed E-state index contributed by atoms with van der Waals surface area (Å²) < 4.78 is 8.80. The normalized spacial score (nSPS) is 11.6. The Labute approximate surface area is 120 Å². The highest BCUT2D eigenvalue weighted by atomic mass is 35.5. The standard InChI is InChI=1S/C12H15ClN6O/c1-3-19-12-11(8(2)16-19)15-10(4-5-13)18(12)6-9-14-7-20-17-9/h7H,3-6H2,1-2H3. The zero-order chi connectivity index (χ0) is 14.1. The SMILES string of the molecule is CCn1nc(C)c2nc(CCCl)n(Cc3ncon3)c21. The van der Waals surface area contributed by atoms with E-state index in [-0.39, 0.29) is 0 Å². The minimum absolute atomic E-state index is 0.504. The first-order chi connectivity index (χ1) is 9.74. The number of nitrogens with zero attached hydrogens (tertiary/aromatic N) is 6. The molecule has 0 radical (unpaired) electrons. The van der Waals surface area contributed by atoms with E-state index in [1.807, 2.05) is 11.6 Å². The molecule has 0 aromatic carbocycles. The zero-order valence-electron chi connectivity index (χ0n) is 11.4. The van der Waals surface area contributed by atoms with Crippen LogP contribution in [0.1, 0.15) is 24.3 Å². The van der Waals surface area contributed by atoms with Crippen molar-refractivity contribution in [2.75, 3.05) is 5.88 Å². The summed E-state index contributed by atoms with van der Waals surface area (Å²) in [6, 6.07) is 0. The van der Waals surface area contributed by atoms with Crippen LogP contribution in [-0.4, -0.2) is 35.4 Å². The summed E-state index contributed by atoms with van der Waals surface area (Å²) in [5.41, 5.74) is 2.81. The van der Waals surface area contributed by atoms with Crippen molar-refractivity contribution < 1.29 is 4.52 Å². The number of hydrogen-bond acceptors (Lipinski definition) is 5. The third kappa shape index (κ3) is 2.07. The molecule has 0 saturated heterocycles. The fourth-order valence-corrected chi connectivity index (χ4v) is 2.50. The van der Waals surface area contributed by atoms with Crippen molar-refractivity contribution in [3.05, 3.63) is 23.7 Å². The highest BCUT2D eigenvalue weighted by Gasteiger charge is 2.19. The highest BCUT2D eigenvalue weighted by molar-refractivity contribution is 6.17. The second-order valence-electron chi connectivity index (χ2n) is 4.47. The Balaban J connectivity index is 2.16. The summed E-state index contributed by atoms with van der Waals surface area (Å²) in [4.78, 5) is 8.73. The fourth-order valence-electron chi connectivity index (χ4n) is 2.34. The average Bonchev–Trinajstić information content (AvgIpc) is 3.12. The van der Waals surface area contributed by atoms with Gasteiger partial charge < -0.3 is 9.09 Å². The average molecular weight is 295 g/mol. The van der Waals surface area contributed by atoms with Crippen LogP contribution in [0.2, 0.25) is 0 Å². The molecular formula is C12H15ClN6O. The Morgan fingerprint density at radius 1 is 1.40 bits per heavy atom. The van der Waals surface area contributed by atoms with E-state index in [2.05, 4.69) is 31.7 Å². The summed E-state index contributed by atoms with van der Waals surface area (Å²) in [5.74, 6) is 2.05. The van der Waals surface area contributed by atoms with Crippen molar-refractivity contribution in [2.24, 2.45) is 0 Å². The van der Waals surface area contributed by atoms with E-state index in [1.165, 1.54) is 6.39 Å². The minimum Gasteiger partial charge on any atom is -0.343 e. The first kappa shape index (κ1) is 13.1. The second-order valence-corrected chi connectivity index (χ2v) is 4.85. The highest BCUT2D eigenvalue weighted by Crippen LogP contribution is 2.21. The lowest BCUT2D eigenvalue weighted by Crippen LogP contribution is -2.11. The van der Waals surface area contributed by atoms with Gasteiger partial charge in [0.15, 0.2) is 11.5 Å². The molecule has 0 unspecified atom stereocenters. The number of rotatable bonds is 5. The lowest BCUT2D eigenvalue weighted by atomic mass is 10.4. The van der Waals surface area contributed by atoms with Crippen LogP contribution < -0.4 is 0 Å². The van der Waals surface area contributed by atoms with Crippen molar-refractivity contribution in [1.29, 1.82) is 0 Å². The number of aromatic nitrogens is 6. The predicted octanol–water partition coefficient (Wildman–Crippen LogP) is 1.77. The smallest absolute Gasteiger partial charge is 0.213 e. The van der Waals surface area contributed by atoms with Gasteiger partial charge in [0.05, 0.1) is 12.2 Å². The molecule has 0 N–H and O–H groups in total. The molecule has 0 saturated carbocycles. The predicted molar refractivity (Wildman–Crippen MR) is 73.8 cm³/mol. The van der Waals surface area contributed by atoms with Crippen LogP contribution >= 0.6 is 11.6 Å². The molecule has 0 aliphatic rings. The van der Waals surface area contributed by atoms with Crippen LogP contribution in [0.4, 0.5) is 0 Å². The van der Waals surface area contributed by atoms with Crippen molar-refractivity contribution in [2.45, 2.75) is 33.4 Å². The van der Waals surface area contributed by atoms with Crippen molar-refractivity contribution in [1.82, 2.24) is 29.5 Å². The summed E-state index contributed by atoms with van der Waals surface area (Å²) in [6.07, 6.45) is 2.02.